The van der Waals surface area contributed by atoms with Crippen molar-refractivity contribution < 1.29 is 9.84 Å². The van der Waals surface area contributed by atoms with E-state index >= 15 is 0 Å². The van der Waals surface area contributed by atoms with Crippen molar-refractivity contribution >= 4 is 29.9 Å². The fraction of sp³-hybridized carbons (Fsp3) is 0.667. The minimum atomic E-state index is -0.638. The predicted molar refractivity (Wildman–Crippen MR) is 129 cm³/mol. The Bertz CT molecular complexity index is 538. The molecule has 0 saturated carbocycles. The second kappa shape index (κ2) is 15.8. The van der Waals surface area contributed by atoms with Crippen molar-refractivity contribution in [3.05, 3.63) is 29.8 Å². The first-order chi connectivity index (χ1) is 13.0. The summed E-state index contributed by atoms with van der Waals surface area (Å²) in [4.78, 5) is 6.83. The molecule has 1 aromatic carbocycles. The molecule has 1 atom stereocenters. The van der Waals surface area contributed by atoms with Gasteiger partial charge in [0.1, 0.15) is 5.75 Å². The van der Waals surface area contributed by atoms with E-state index < -0.39 is 6.10 Å². The SMILES string of the molecule is CCCCN(C)CCNC(=NCC(O)c1ccc(OC(C)C)cc1)NCC.I. The zero-order valence-corrected chi connectivity index (χ0v) is 20.4. The molecule has 1 rings (SSSR count). The van der Waals surface area contributed by atoms with Crippen LogP contribution in [0.15, 0.2) is 29.3 Å². The van der Waals surface area contributed by atoms with E-state index in [1.807, 2.05) is 45.0 Å². The van der Waals surface area contributed by atoms with Crippen LogP contribution in [-0.4, -0.2) is 61.8 Å². The van der Waals surface area contributed by atoms with Crippen molar-refractivity contribution in [3.8, 4) is 5.75 Å². The average Bonchev–Trinajstić information content (AvgIpc) is 2.64. The molecule has 0 aromatic heterocycles. The molecule has 0 aliphatic rings. The van der Waals surface area contributed by atoms with E-state index in [1.54, 1.807) is 0 Å². The molecule has 0 amide bonds. The molecule has 7 heteroatoms. The van der Waals surface area contributed by atoms with Crippen LogP contribution >= 0.6 is 24.0 Å². The van der Waals surface area contributed by atoms with Gasteiger partial charge >= 0.3 is 0 Å². The number of aliphatic hydroxyl groups is 1. The second-order valence-electron chi connectivity index (χ2n) is 7.05. The maximum absolute atomic E-state index is 10.4. The molecule has 0 fully saturated rings. The number of nitrogens with zero attached hydrogens (tertiary/aromatic N) is 2. The Hall–Kier alpha value is -1.06. The Kier molecular flexibility index (Phi) is 15.2. The van der Waals surface area contributed by atoms with Crippen LogP contribution in [0, 0.1) is 0 Å². The number of unbranched alkanes of at least 4 members (excludes halogenated alkanes) is 1. The summed E-state index contributed by atoms with van der Waals surface area (Å²) in [6, 6.07) is 7.55. The number of benzene rings is 1. The zero-order chi connectivity index (χ0) is 20.1. The van der Waals surface area contributed by atoms with Gasteiger partial charge in [-0.1, -0.05) is 25.5 Å². The highest BCUT2D eigenvalue weighted by atomic mass is 127. The molecule has 0 spiro atoms. The number of guanidine groups is 1. The third kappa shape index (κ3) is 11.7. The first kappa shape index (κ1) is 26.9. The first-order valence-corrected chi connectivity index (χ1v) is 10.1. The van der Waals surface area contributed by atoms with E-state index in [-0.39, 0.29) is 30.1 Å². The van der Waals surface area contributed by atoms with Crippen molar-refractivity contribution in [2.45, 2.75) is 52.7 Å². The van der Waals surface area contributed by atoms with Gasteiger partial charge < -0.3 is 25.4 Å². The van der Waals surface area contributed by atoms with E-state index in [0.29, 0.717) is 6.54 Å². The van der Waals surface area contributed by atoms with Crippen LogP contribution in [0.25, 0.3) is 0 Å². The van der Waals surface area contributed by atoms with E-state index in [0.717, 1.165) is 43.5 Å². The standard InChI is InChI=1S/C21H38N4O2.HI/c1-6-8-14-25(5)15-13-23-21(22-7-2)24-16-20(26)18-9-11-19(12-10-18)27-17(3)4;/h9-12,17,20,26H,6-8,13-16H2,1-5H3,(H2,22,23,24);1H. The highest BCUT2D eigenvalue weighted by Crippen LogP contribution is 2.19. The van der Waals surface area contributed by atoms with Crippen molar-refractivity contribution in [1.82, 2.24) is 15.5 Å². The molecule has 0 saturated heterocycles. The molecule has 0 aliphatic heterocycles. The quantitative estimate of drug-likeness (QED) is 0.230. The van der Waals surface area contributed by atoms with Gasteiger partial charge in [0, 0.05) is 19.6 Å². The minimum Gasteiger partial charge on any atom is -0.491 e. The van der Waals surface area contributed by atoms with Crippen LogP contribution in [-0.2, 0) is 0 Å². The predicted octanol–water partition coefficient (Wildman–Crippen LogP) is 3.41. The molecular weight excluding hydrogens is 467 g/mol. The van der Waals surface area contributed by atoms with Gasteiger partial charge in [-0.15, -0.1) is 24.0 Å². The van der Waals surface area contributed by atoms with E-state index in [2.05, 4.69) is 34.5 Å². The third-order valence-corrected chi connectivity index (χ3v) is 4.08. The average molecular weight is 506 g/mol. The summed E-state index contributed by atoms with van der Waals surface area (Å²) in [7, 11) is 2.14. The van der Waals surface area contributed by atoms with Crippen LogP contribution in [0.5, 0.6) is 5.75 Å². The molecule has 1 aromatic rings. The molecule has 1 unspecified atom stereocenters. The van der Waals surface area contributed by atoms with Gasteiger partial charge in [-0.25, -0.2) is 0 Å². The number of aliphatic imine (C=N–C) groups is 1. The summed E-state index contributed by atoms with van der Waals surface area (Å²) in [5.41, 5.74) is 0.838. The van der Waals surface area contributed by atoms with Gasteiger partial charge in [-0.3, -0.25) is 4.99 Å². The summed E-state index contributed by atoms with van der Waals surface area (Å²) in [5, 5.41) is 17.0. The van der Waals surface area contributed by atoms with Crippen molar-refractivity contribution in [2.24, 2.45) is 4.99 Å². The number of aliphatic hydroxyl groups excluding tert-OH is 1. The van der Waals surface area contributed by atoms with Gasteiger partial charge in [0.15, 0.2) is 5.96 Å². The van der Waals surface area contributed by atoms with Crippen molar-refractivity contribution in [1.29, 1.82) is 0 Å². The number of hydrogen-bond donors (Lipinski definition) is 3. The summed E-state index contributed by atoms with van der Waals surface area (Å²) in [6.07, 6.45) is 1.93. The molecule has 3 N–H and O–H groups in total. The van der Waals surface area contributed by atoms with Gasteiger partial charge in [0.25, 0.3) is 0 Å². The summed E-state index contributed by atoms with van der Waals surface area (Å²) >= 11 is 0. The van der Waals surface area contributed by atoms with Gasteiger partial charge in [0.05, 0.1) is 18.8 Å². The van der Waals surface area contributed by atoms with Gasteiger partial charge in [-0.05, 0) is 58.5 Å². The Morgan fingerprint density at radius 2 is 1.82 bits per heavy atom. The lowest BCUT2D eigenvalue weighted by Gasteiger charge is -2.18. The molecule has 0 aliphatic carbocycles. The second-order valence-corrected chi connectivity index (χ2v) is 7.05. The minimum absolute atomic E-state index is 0. The normalized spacial score (nSPS) is 12.6. The van der Waals surface area contributed by atoms with E-state index in [4.69, 9.17) is 4.74 Å². The fourth-order valence-corrected chi connectivity index (χ4v) is 2.57. The monoisotopic (exact) mass is 506 g/mol. The summed E-state index contributed by atoms with van der Waals surface area (Å²) < 4.78 is 5.63. The van der Waals surface area contributed by atoms with Crippen LogP contribution in [0.3, 0.4) is 0 Å². The van der Waals surface area contributed by atoms with Gasteiger partial charge in [-0.2, -0.15) is 0 Å². The summed E-state index contributed by atoms with van der Waals surface area (Å²) in [5.74, 6) is 1.55. The maximum atomic E-state index is 10.4. The molecule has 6 nitrogen and oxygen atoms in total. The number of rotatable bonds is 12. The Labute approximate surface area is 188 Å². The summed E-state index contributed by atoms with van der Waals surface area (Å²) in [6.45, 7) is 12.2. The number of likely N-dealkylation sites (N-methyl/N-ethyl adjacent to an activating group) is 1. The van der Waals surface area contributed by atoms with Crippen LogP contribution in [0.1, 0.15) is 52.2 Å². The number of halogens is 1. The number of hydrogen-bond acceptors (Lipinski definition) is 4. The number of ether oxygens (including phenoxy) is 1. The Morgan fingerprint density at radius 3 is 2.39 bits per heavy atom. The van der Waals surface area contributed by atoms with Crippen LogP contribution in [0.4, 0.5) is 0 Å². The number of nitrogens with one attached hydrogen (secondary N) is 2. The highest BCUT2D eigenvalue weighted by molar-refractivity contribution is 14.0. The van der Waals surface area contributed by atoms with Crippen molar-refractivity contribution in [3.63, 3.8) is 0 Å². The molecule has 28 heavy (non-hydrogen) atoms. The molecule has 0 bridgehead atoms. The van der Waals surface area contributed by atoms with Crippen molar-refractivity contribution in [2.75, 3.05) is 39.8 Å². The molecule has 0 heterocycles. The largest absolute Gasteiger partial charge is 0.491 e. The fourth-order valence-electron chi connectivity index (χ4n) is 2.57. The first-order valence-electron chi connectivity index (χ1n) is 10.1. The van der Waals surface area contributed by atoms with Crippen LogP contribution < -0.4 is 15.4 Å². The van der Waals surface area contributed by atoms with Gasteiger partial charge in [0.2, 0.25) is 0 Å². The topological polar surface area (TPSA) is 69.1 Å². The molecule has 0 radical (unpaired) electrons. The lowest BCUT2D eigenvalue weighted by Crippen LogP contribution is -2.41. The Morgan fingerprint density at radius 1 is 1.14 bits per heavy atom. The van der Waals surface area contributed by atoms with E-state index in [1.165, 1.54) is 12.8 Å². The van der Waals surface area contributed by atoms with Crippen LogP contribution in [0.2, 0.25) is 0 Å². The highest BCUT2D eigenvalue weighted by Gasteiger charge is 2.08. The third-order valence-electron chi connectivity index (χ3n) is 4.08. The lowest BCUT2D eigenvalue weighted by molar-refractivity contribution is 0.186. The Balaban J connectivity index is 0.00000729. The maximum Gasteiger partial charge on any atom is 0.191 e. The zero-order valence-electron chi connectivity index (χ0n) is 18.1. The molecule has 162 valence electrons. The molecular formula is C21H39IN4O2. The smallest absolute Gasteiger partial charge is 0.191 e. The van der Waals surface area contributed by atoms with E-state index in [9.17, 15) is 5.11 Å². The lowest BCUT2D eigenvalue weighted by atomic mass is 10.1.